The number of carbonyl (C=O) groups excluding carboxylic acids is 2. The maximum atomic E-state index is 11.5. The Morgan fingerprint density at radius 3 is 2.52 bits per heavy atom. The zero-order chi connectivity index (χ0) is 15.5. The Hall–Kier alpha value is -2.04. The van der Waals surface area contributed by atoms with E-state index < -0.39 is 6.09 Å². The molecule has 116 valence electrons. The molecule has 2 N–H and O–H groups in total. The molecular weight excluding hydrogens is 268 g/mol. The van der Waals surface area contributed by atoms with Gasteiger partial charge in [-0.3, -0.25) is 4.79 Å². The van der Waals surface area contributed by atoms with Crippen LogP contribution in [0, 0.1) is 5.92 Å². The van der Waals surface area contributed by atoms with Crippen LogP contribution in [0.4, 0.5) is 4.79 Å². The van der Waals surface area contributed by atoms with Gasteiger partial charge in [-0.1, -0.05) is 44.2 Å². The molecule has 0 saturated heterocycles. The van der Waals surface area contributed by atoms with Gasteiger partial charge in [-0.05, 0) is 24.3 Å². The van der Waals surface area contributed by atoms with E-state index in [-0.39, 0.29) is 12.5 Å². The molecule has 5 heteroatoms. The maximum absolute atomic E-state index is 11.5. The van der Waals surface area contributed by atoms with E-state index >= 15 is 0 Å². The normalized spacial score (nSPS) is 10.2. The van der Waals surface area contributed by atoms with Gasteiger partial charge in [0, 0.05) is 13.1 Å². The third kappa shape index (κ3) is 8.68. The van der Waals surface area contributed by atoms with E-state index in [2.05, 4.69) is 24.5 Å². The van der Waals surface area contributed by atoms with E-state index in [1.54, 1.807) is 0 Å². The van der Waals surface area contributed by atoms with Crippen LogP contribution in [0.5, 0.6) is 0 Å². The van der Waals surface area contributed by atoms with Crippen molar-refractivity contribution in [3.8, 4) is 0 Å². The van der Waals surface area contributed by atoms with Gasteiger partial charge in [0.15, 0.2) is 6.61 Å². The maximum Gasteiger partial charge on any atom is 0.407 e. The van der Waals surface area contributed by atoms with E-state index in [1.165, 1.54) is 0 Å². The topological polar surface area (TPSA) is 67.4 Å². The molecule has 0 spiro atoms. The third-order valence-electron chi connectivity index (χ3n) is 2.89. The highest BCUT2D eigenvalue weighted by Gasteiger charge is 2.06. The van der Waals surface area contributed by atoms with E-state index in [1.807, 2.05) is 30.3 Å². The molecule has 2 amide bonds. The molecule has 0 heterocycles. The van der Waals surface area contributed by atoms with Crippen LogP contribution in [-0.2, 0) is 16.1 Å². The zero-order valence-corrected chi connectivity index (χ0v) is 12.7. The Kier molecular flexibility index (Phi) is 7.94. The monoisotopic (exact) mass is 292 g/mol. The molecule has 0 aliphatic carbocycles. The van der Waals surface area contributed by atoms with Crippen LogP contribution in [0.3, 0.4) is 0 Å². The highest BCUT2D eigenvalue weighted by molar-refractivity contribution is 5.80. The van der Waals surface area contributed by atoms with Crippen molar-refractivity contribution in [3.05, 3.63) is 35.9 Å². The first-order valence-electron chi connectivity index (χ1n) is 7.29. The second-order valence-electron chi connectivity index (χ2n) is 5.30. The number of hydrogen-bond donors (Lipinski definition) is 2. The second kappa shape index (κ2) is 9.80. The van der Waals surface area contributed by atoms with Crippen molar-refractivity contribution < 1.29 is 14.3 Å². The number of carbonyl (C=O) groups is 2. The van der Waals surface area contributed by atoms with Gasteiger partial charge in [-0.25, -0.2) is 4.79 Å². The second-order valence-corrected chi connectivity index (χ2v) is 5.30. The van der Waals surface area contributed by atoms with Gasteiger partial charge in [-0.2, -0.15) is 0 Å². The number of hydrogen-bond acceptors (Lipinski definition) is 3. The van der Waals surface area contributed by atoms with Crippen molar-refractivity contribution in [2.24, 2.45) is 5.92 Å². The van der Waals surface area contributed by atoms with Crippen molar-refractivity contribution in [2.75, 3.05) is 13.2 Å². The summed E-state index contributed by atoms with van der Waals surface area (Å²) >= 11 is 0. The summed E-state index contributed by atoms with van der Waals surface area (Å²) in [7, 11) is 0. The SMILES string of the molecule is CC(C)CCCNC(=O)OCC(=O)NCc1ccccc1. The molecule has 1 aromatic carbocycles. The fourth-order valence-electron chi connectivity index (χ4n) is 1.73. The molecule has 1 aromatic rings. The molecule has 0 fully saturated rings. The number of nitrogens with one attached hydrogen (secondary N) is 2. The summed E-state index contributed by atoms with van der Waals surface area (Å²) in [6.07, 6.45) is 1.42. The Morgan fingerprint density at radius 2 is 1.86 bits per heavy atom. The Labute approximate surface area is 126 Å². The third-order valence-corrected chi connectivity index (χ3v) is 2.89. The average Bonchev–Trinajstić information content (AvgIpc) is 2.48. The number of benzene rings is 1. The molecule has 0 radical (unpaired) electrons. The highest BCUT2D eigenvalue weighted by atomic mass is 16.6. The van der Waals surface area contributed by atoms with Gasteiger partial charge in [0.05, 0.1) is 0 Å². The van der Waals surface area contributed by atoms with Gasteiger partial charge >= 0.3 is 6.09 Å². The quantitative estimate of drug-likeness (QED) is 0.723. The number of rotatable bonds is 8. The standard InChI is InChI=1S/C16H24N2O3/c1-13(2)7-6-10-17-16(20)21-12-15(19)18-11-14-8-4-3-5-9-14/h3-5,8-9,13H,6-7,10-12H2,1-2H3,(H,17,20)(H,18,19). The van der Waals surface area contributed by atoms with Gasteiger partial charge in [0.1, 0.15) is 0 Å². The fraction of sp³-hybridized carbons (Fsp3) is 0.500. The van der Waals surface area contributed by atoms with E-state index in [9.17, 15) is 9.59 Å². The number of alkyl carbamates (subject to hydrolysis) is 1. The van der Waals surface area contributed by atoms with Gasteiger partial charge < -0.3 is 15.4 Å². The van der Waals surface area contributed by atoms with Crippen molar-refractivity contribution in [1.29, 1.82) is 0 Å². The minimum Gasteiger partial charge on any atom is -0.439 e. The highest BCUT2D eigenvalue weighted by Crippen LogP contribution is 2.01. The van der Waals surface area contributed by atoms with Gasteiger partial charge in [0.2, 0.25) is 0 Å². The summed E-state index contributed by atoms with van der Waals surface area (Å²) < 4.78 is 4.84. The predicted molar refractivity (Wildman–Crippen MR) is 81.7 cm³/mol. The van der Waals surface area contributed by atoms with Crippen LogP contribution < -0.4 is 10.6 Å². The van der Waals surface area contributed by atoms with Crippen LogP contribution in [-0.4, -0.2) is 25.2 Å². The van der Waals surface area contributed by atoms with Gasteiger partial charge in [-0.15, -0.1) is 0 Å². The van der Waals surface area contributed by atoms with Crippen LogP contribution in [0.2, 0.25) is 0 Å². The molecule has 1 rings (SSSR count). The average molecular weight is 292 g/mol. The van der Waals surface area contributed by atoms with Crippen LogP contribution in [0.15, 0.2) is 30.3 Å². The number of ether oxygens (including phenoxy) is 1. The molecule has 0 aliphatic heterocycles. The van der Waals surface area contributed by atoms with E-state index in [0.29, 0.717) is 19.0 Å². The van der Waals surface area contributed by atoms with Crippen LogP contribution >= 0.6 is 0 Å². The first-order valence-corrected chi connectivity index (χ1v) is 7.29. The molecule has 0 saturated carbocycles. The fourth-order valence-corrected chi connectivity index (χ4v) is 1.73. The lowest BCUT2D eigenvalue weighted by Crippen LogP contribution is -2.32. The minimum atomic E-state index is -0.548. The van der Waals surface area contributed by atoms with E-state index in [0.717, 1.165) is 18.4 Å². The summed E-state index contributed by atoms with van der Waals surface area (Å²) in [5, 5.41) is 5.32. The number of amides is 2. The lowest BCUT2D eigenvalue weighted by Gasteiger charge is -2.08. The molecule has 0 unspecified atom stereocenters. The van der Waals surface area contributed by atoms with Crippen LogP contribution in [0.1, 0.15) is 32.3 Å². The summed E-state index contributed by atoms with van der Waals surface area (Å²) in [5.41, 5.74) is 1.00. The molecule has 0 atom stereocenters. The first-order chi connectivity index (χ1) is 10.1. The lowest BCUT2D eigenvalue weighted by molar-refractivity contribution is -0.124. The summed E-state index contributed by atoms with van der Waals surface area (Å²) in [5.74, 6) is 0.308. The Morgan fingerprint density at radius 1 is 1.14 bits per heavy atom. The molecule has 5 nitrogen and oxygen atoms in total. The smallest absolute Gasteiger partial charge is 0.407 e. The minimum absolute atomic E-state index is 0.261. The Bertz CT molecular complexity index is 432. The van der Waals surface area contributed by atoms with E-state index in [4.69, 9.17) is 4.74 Å². The molecule has 21 heavy (non-hydrogen) atoms. The van der Waals surface area contributed by atoms with Gasteiger partial charge in [0.25, 0.3) is 5.91 Å². The van der Waals surface area contributed by atoms with Crippen LogP contribution in [0.25, 0.3) is 0 Å². The van der Waals surface area contributed by atoms with Crippen molar-refractivity contribution in [3.63, 3.8) is 0 Å². The van der Waals surface area contributed by atoms with Crippen molar-refractivity contribution in [1.82, 2.24) is 10.6 Å². The first kappa shape index (κ1) is 17.0. The zero-order valence-electron chi connectivity index (χ0n) is 12.7. The molecular formula is C16H24N2O3. The molecule has 0 aliphatic rings. The summed E-state index contributed by atoms with van der Waals surface area (Å²) in [6, 6.07) is 9.56. The van der Waals surface area contributed by atoms with Crippen molar-refractivity contribution in [2.45, 2.75) is 33.2 Å². The lowest BCUT2D eigenvalue weighted by atomic mass is 10.1. The Balaban J connectivity index is 2.08. The molecule has 0 bridgehead atoms. The largest absolute Gasteiger partial charge is 0.439 e. The summed E-state index contributed by atoms with van der Waals surface area (Å²) in [6.45, 7) is 5.01. The van der Waals surface area contributed by atoms with Crippen molar-refractivity contribution >= 4 is 12.0 Å². The summed E-state index contributed by atoms with van der Waals surface area (Å²) in [4.78, 5) is 22.9. The predicted octanol–water partition coefficient (Wildman–Crippen LogP) is 2.47. The molecule has 0 aromatic heterocycles.